The predicted octanol–water partition coefficient (Wildman–Crippen LogP) is 1.44. The first-order valence-corrected chi connectivity index (χ1v) is 7.86. The van der Waals surface area contributed by atoms with E-state index in [0.717, 1.165) is 6.42 Å². The normalized spacial score (nSPS) is 10.0. The number of benzene rings is 1. The molecule has 0 aliphatic carbocycles. The summed E-state index contributed by atoms with van der Waals surface area (Å²) in [6.45, 7) is 4.60. The van der Waals surface area contributed by atoms with Gasteiger partial charge in [-0.2, -0.15) is 0 Å². The Hall–Kier alpha value is -2.37. The van der Waals surface area contributed by atoms with E-state index in [-0.39, 0.29) is 43.7 Å². The van der Waals surface area contributed by atoms with E-state index in [1.54, 1.807) is 19.1 Å². The van der Waals surface area contributed by atoms with Crippen LogP contribution < -0.4 is 10.6 Å². The van der Waals surface area contributed by atoms with Crippen LogP contribution in [0.3, 0.4) is 0 Å². The largest absolute Gasteiger partial charge is 0.466 e. The maximum absolute atomic E-state index is 11.9. The summed E-state index contributed by atoms with van der Waals surface area (Å²) in [6, 6.07) is 7.37. The molecule has 0 atom stereocenters. The molecule has 0 heterocycles. The number of ether oxygens (including phenoxy) is 1. The monoisotopic (exact) mass is 320 g/mol. The lowest BCUT2D eigenvalue weighted by atomic mass is 10.1. The van der Waals surface area contributed by atoms with E-state index in [2.05, 4.69) is 17.6 Å². The van der Waals surface area contributed by atoms with Crippen LogP contribution in [0.4, 0.5) is 0 Å². The zero-order valence-corrected chi connectivity index (χ0v) is 13.7. The molecule has 0 saturated heterocycles. The smallest absolute Gasteiger partial charge is 0.307 e. The summed E-state index contributed by atoms with van der Waals surface area (Å²) in [5.74, 6) is -0.750. The summed E-state index contributed by atoms with van der Waals surface area (Å²) in [6.07, 6.45) is 1.24. The number of esters is 1. The highest BCUT2D eigenvalue weighted by atomic mass is 16.5. The van der Waals surface area contributed by atoms with Gasteiger partial charge in [-0.05, 0) is 31.0 Å². The third kappa shape index (κ3) is 7.44. The van der Waals surface area contributed by atoms with Crippen molar-refractivity contribution in [2.24, 2.45) is 0 Å². The second-order valence-electron chi connectivity index (χ2n) is 4.96. The van der Waals surface area contributed by atoms with Gasteiger partial charge in [0.25, 0.3) is 5.91 Å². The van der Waals surface area contributed by atoms with Gasteiger partial charge in [-0.3, -0.25) is 14.4 Å². The van der Waals surface area contributed by atoms with Gasteiger partial charge in [0.1, 0.15) is 0 Å². The molecule has 6 nitrogen and oxygen atoms in total. The molecule has 2 amide bonds. The van der Waals surface area contributed by atoms with Crippen LogP contribution in [-0.2, 0) is 20.7 Å². The van der Waals surface area contributed by atoms with Crippen molar-refractivity contribution in [3.05, 3.63) is 35.4 Å². The van der Waals surface area contributed by atoms with Crippen molar-refractivity contribution in [3.8, 4) is 0 Å². The van der Waals surface area contributed by atoms with Crippen molar-refractivity contribution in [1.29, 1.82) is 0 Å². The molecule has 6 heteroatoms. The minimum absolute atomic E-state index is 0.149. The highest BCUT2D eigenvalue weighted by molar-refractivity contribution is 5.94. The fourth-order valence-electron chi connectivity index (χ4n) is 1.91. The third-order valence-corrected chi connectivity index (χ3v) is 3.22. The lowest BCUT2D eigenvalue weighted by molar-refractivity contribution is -0.143. The fraction of sp³-hybridized carbons (Fsp3) is 0.471. The molecule has 126 valence electrons. The number of carbonyl (C=O) groups excluding carboxylic acids is 3. The van der Waals surface area contributed by atoms with Crippen LogP contribution in [-0.4, -0.2) is 37.5 Å². The van der Waals surface area contributed by atoms with Crippen molar-refractivity contribution < 1.29 is 19.1 Å². The van der Waals surface area contributed by atoms with Gasteiger partial charge in [0.15, 0.2) is 0 Å². The predicted molar refractivity (Wildman–Crippen MR) is 87.0 cm³/mol. The molecule has 1 aromatic rings. The molecular formula is C17H24N2O4. The van der Waals surface area contributed by atoms with E-state index < -0.39 is 0 Å². The lowest BCUT2D eigenvalue weighted by Crippen LogP contribution is -2.31. The molecule has 2 N–H and O–H groups in total. The van der Waals surface area contributed by atoms with Crippen LogP contribution in [0.25, 0.3) is 0 Å². The minimum Gasteiger partial charge on any atom is -0.466 e. The van der Waals surface area contributed by atoms with E-state index in [9.17, 15) is 14.4 Å². The van der Waals surface area contributed by atoms with Crippen molar-refractivity contribution in [2.45, 2.75) is 33.1 Å². The van der Waals surface area contributed by atoms with E-state index in [1.165, 1.54) is 5.56 Å². The van der Waals surface area contributed by atoms with E-state index in [4.69, 9.17) is 4.74 Å². The quantitative estimate of drug-likeness (QED) is 0.674. The second kappa shape index (κ2) is 10.4. The molecule has 1 aromatic carbocycles. The second-order valence-corrected chi connectivity index (χ2v) is 4.96. The van der Waals surface area contributed by atoms with Gasteiger partial charge in [0, 0.05) is 25.1 Å². The summed E-state index contributed by atoms with van der Waals surface area (Å²) < 4.78 is 4.75. The molecule has 0 saturated carbocycles. The zero-order valence-electron chi connectivity index (χ0n) is 13.7. The molecule has 0 aliphatic heterocycles. The van der Waals surface area contributed by atoms with Gasteiger partial charge in [0.05, 0.1) is 13.0 Å². The Morgan fingerprint density at radius 3 is 2.22 bits per heavy atom. The number of carbonyl (C=O) groups is 3. The Labute approximate surface area is 136 Å². The van der Waals surface area contributed by atoms with Crippen LogP contribution >= 0.6 is 0 Å². The number of nitrogens with one attached hydrogen (secondary N) is 2. The molecule has 0 aliphatic rings. The minimum atomic E-state index is -0.336. The van der Waals surface area contributed by atoms with Crippen molar-refractivity contribution in [2.75, 3.05) is 19.7 Å². The first kappa shape index (κ1) is 18.7. The van der Waals surface area contributed by atoms with E-state index in [1.807, 2.05) is 12.1 Å². The molecule has 0 fully saturated rings. The first-order chi connectivity index (χ1) is 11.1. The third-order valence-electron chi connectivity index (χ3n) is 3.22. The Morgan fingerprint density at radius 1 is 0.957 bits per heavy atom. The highest BCUT2D eigenvalue weighted by Gasteiger charge is 2.07. The number of rotatable bonds is 9. The number of amides is 2. The Kier molecular flexibility index (Phi) is 8.42. The Bertz CT molecular complexity index is 526. The highest BCUT2D eigenvalue weighted by Crippen LogP contribution is 2.04. The van der Waals surface area contributed by atoms with Crippen LogP contribution in [0.1, 0.15) is 42.6 Å². The molecule has 1 rings (SSSR count). The van der Waals surface area contributed by atoms with Gasteiger partial charge >= 0.3 is 5.97 Å². The molecule has 0 bridgehead atoms. The molecule has 23 heavy (non-hydrogen) atoms. The summed E-state index contributed by atoms with van der Waals surface area (Å²) in [4.78, 5) is 34.6. The molecular weight excluding hydrogens is 296 g/mol. The Morgan fingerprint density at radius 2 is 1.61 bits per heavy atom. The van der Waals surface area contributed by atoms with Crippen LogP contribution in [0.5, 0.6) is 0 Å². The standard InChI is InChI=1S/C17H24N2O4/c1-3-13-5-7-14(8-6-13)17(22)19-11-9-15(20)18-12-10-16(21)23-4-2/h5-8H,3-4,9-12H2,1-2H3,(H,18,20)(H,19,22). The van der Waals surface area contributed by atoms with Crippen LogP contribution in [0.15, 0.2) is 24.3 Å². The van der Waals surface area contributed by atoms with Crippen LogP contribution in [0.2, 0.25) is 0 Å². The van der Waals surface area contributed by atoms with Crippen molar-refractivity contribution >= 4 is 17.8 Å². The van der Waals surface area contributed by atoms with Gasteiger partial charge in [-0.15, -0.1) is 0 Å². The maximum atomic E-state index is 11.9. The average Bonchev–Trinajstić information content (AvgIpc) is 2.55. The maximum Gasteiger partial charge on any atom is 0.307 e. The van der Waals surface area contributed by atoms with Gasteiger partial charge in [-0.25, -0.2) is 0 Å². The van der Waals surface area contributed by atoms with Gasteiger partial charge in [-0.1, -0.05) is 19.1 Å². The van der Waals surface area contributed by atoms with Crippen molar-refractivity contribution in [1.82, 2.24) is 10.6 Å². The molecule has 0 spiro atoms. The first-order valence-electron chi connectivity index (χ1n) is 7.86. The summed E-state index contributed by atoms with van der Waals surface area (Å²) in [7, 11) is 0. The van der Waals surface area contributed by atoms with E-state index in [0.29, 0.717) is 12.2 Å². The van der Waals surface area contributed by atoms with Gasteiger partial charge in [0.2, 0.25) is 5.91 Å². The summed E-state index contributed by atoms with van der Waals surface area (Å²) in [5.41, 5.74) is 1.74. The topological polar surface area (TPSA) is 84.5 Å². The molecule has 0 radical (unpaired) electrons. The fourth-order valence-corrected chi connectivity index (χ4v) is 1.91. The average molecular weight is 320 g/mol. The lowest BCUT2D eigenvalue weighted by Gasteiger charge is -2.07. The Balaban J connectivity index is 2.20. The number of aryl methyl sites for hydroxylation is 1. The zero-order chi connectivity index (χ0) is 17.1. The SMILES string of the molecule is CCOC(=O)CCNC(=O)CCNC(=O)c1ccc(CC)cc1. The number of hydrogen-bond acceptors (Lipinski definition) is 4. The number of hydrogen-bond donors (Lipinski definition) is 2. The van der Waals surface area contributed by atoms with E-state index >= 15 is 0 Å². The summed E-state index contributed by atoms with van der Waals surface area (Å²) >= 11 is 0. The van der Waals surface area contributed by atoms with Crippen molar-refractivity contribution in [3.63, 3.8) is 0 Å². The van der Waals surface area contributed by atoms with Gasteiger partial charge < -0.3 is 15.4 Å². The molecule has 0 unspecified atom stereocenters. The molecule has 0 aromatic heterocycles. The summed E-state index contributed by atoms with van der Waals surface area (Å²) in [5, 5.41) is 5.30. The van der Waals surface area contributed by atoms with Crippen LogP contribution in [0, 0.1) is 0 Å².